The van der Waals surface area contributed by atoms with Gasteiger partial charge in [-0.05, 0) is 35.9 Å². The number of benzene rings is 2. The van der Waals surface area contributed by atoms with Crippen LogP contribution in [0.3, 0.4) is 0 Å². The quantitative estimate of drug-likeness (QED) is 0.802. The zero-order chi connectivity index (χ0) is 17.6. The van der Waals surface area contributed by atoms with E-state index >= 15 is 0 Å². The number of anilines is 1. The summed E-state index contributed by atoms with van der Waals surface area (Å²) < 4.78 is 19.0. The molecule has 1 aliphatic heterocycles. The number of halogens is 1. The van der Waals surface area contributed by atoms with Crippen LogP contribution >= 0.6 is 0 Å². The summed E-state index contributed by atoms with van der Waals surface area (Å²) in [5.74, 6) is 0.504. The molecule has 1 saturated heterocycles. The monoisotopic (exact) mass is 340 g/mol. The second kappa shape index (κ2) is 7.83. The van der Waals surface area contributed by atoms with E-state index < -0.39 is 0 Å². The minimum Gasteiger partial charge on any atom is -0.497 e. The Balaban J connectivity index is 1.58. The molecule has 4 nitrogen and oxygen atoms in total. The van der Waals surface area contributed by atoms with Crippen LogP contribution in [0.5, 0.6) is 5.75 Å². The number of carbonyl (C=O) groups excluding carboxylic acids is 1. The Hall–Kier alpha value is -2.82. The van der Waals surface area contributed by atoms with Crippen LogP contribution in [0.2, 0.25) is 0 Å². The van der Waals surface area contributed by atoms with E-state index in [9.17, 15) is 9.18 Å². The van der Waals surface area contributed by atoms with E-state index in [1.165, 1.54) is 6.07 Å². The van der Waals surface area contributed by atoms with E-state index in [4.69, 9.17) is 4.74 Å². The van der Waals surface area contributed by atoms with Crippen LogP contribution in [0.15, 0.2) is 54.6 Å². The van der Waals surface area contributed by atoms with Crippen molar-refractivity contribution in [2.24, 2.45) is 0 Å². The molecule has 1 heterocycles. The summed E-state index contributed by atoms with van der Waals surface area (Å²) in [5, 5.41) is 0. The molecule has 0 radical (unpaired) electrons. The van der Waals surface area contributed by atoms with Crippen molar-refractivity contribution in [2.45, 2.75) is 0 Å². The molecule has 0 bridgehead atoms. The standard InChI is InChI=1S/C20H21FN2O2/c1-25-17-6-4-5-16(15-17)9-10-20(24)23-13-11-22(12-14-23)19-8-3-2-7-18(19)21/h2-10,15H,11-14H2,1H3/b10-9+. The third-order valence-corrected chi connectivity index (χ3v) is 4.30. The van der Waals surface area contributed by atoms with Crippen molar-refractivity contribution in [1.29, 1.82) is 0 Å². The van der Waals surface area contributed by atoms with E-state index in [-0.39, 0.29) is 11.7 Å². The molecule has 0 atom stereocenters. The number of ether oxygens (including phenoxy) is 1. The largest absolute Gasteiger partial charge is 0.497 e. The third-order valence-electron chi connectivity index (χ3n) is 4.30. The smallest absolute Gasteiger partial charge is 0.246 e. The molecule has 25 heavy (non-hydrogen) atoms. The highest BCUT2D eigenvalue weighted by atomic mass is 19.1. The molecule has 2 aromatic carbocycles. The van der Waals surface area contributed by atoms with E-state index in [0.717, 1.165) is 11.3 Å². The third kappa shape index (κ3) is 4.18. The maximum Gasteiger partial charge on any atom is 0.246 e. The summed E-state index contributed by atoms with van der Waals surface area (Å²) in [5.41, 5.74) is 1.51. The Morgan fingerprint density at radius 3 is 2.56 bits per heavy atom. The van der Waals surface area contributed by atoms with Crippen LogP contribution in [0, 0.1) is 5.82 Å². The summed E-state index contributed by atoms with van der Waals surface area (Å²) in [6.45, 7) is 2.41. The Morgan fingerprint density at radius 1 is 1.08 bits per heavy atom. The molecule has 5 heteroatoms. The molecular formula is C20H21FN2O2. The lowest BCUT2D eigenvalue weighted by molar-refractivity contribution is -0.126. The molecule has 1 amide bonds. The first-order valence-electron chi connectivity index (χ1n) is 8.28. The Kier molecular flexibility index (Phi) is 5.33. The minimum atomic E-state index is -0.222. The molecule has 0 unspecified atom stereocenters. The summed E-state index contributed by atoms with van der Waals surface area (Å²) in [4.78, 5) is 16.1. The van der Waals surface area contributed by atoms with Crippen molar-refractivity contribution in [1.82, 2.24) is 4.90 Å². The van der Waals surface area contributed by atoms with Gasteiger partial charge in [0, 0.05) is 32.3 Å². The predicted octanol–water partition coefficient (Wildman–Crippen LogP) is 3.20. The minimum absolute atomic E-state index is 0.0315. The van der Waals surface area contributed by atoms with Crippen LogP contribution in [-0.2, 0) is 4.79 Å². The zero-order valence-electron chi connectivity index (χ0n) is 14.2. The molecule has 1 fully saturated rings. The van der Waals surface area contributed by atoms with Crippen molar-refractivity contribution in [3.63, 3.8) is 0 Å². The van der Waals surface area contributed by atoms with Gasteiger partial charge in [-0.3, -0.25) is 4.79 Å². The lowest BCUT2D eigenvalue weighted by Crippen LogP contribution is -2.48. The number of methoxy groups -OCH3 is 1. The molecule has 0 aromatic heterocycles. The van der Waals surface area contributed by atoms with Crippen LogP contribution in [0.4, 0.5) is 10.1 Å². The van der Waals surface area contributed by atoms with Gasteiger partial charge in [-0.1, -0.05) is 24.3 Å². The van der Waals surface area contributed by atoms with Crippen LogP contribution in [0.25, 0.3) is 6.08 Å². The molecule has 130 valence electrons. The van der Waals surface area contributed by atoms with Crippen molar-refractivity contribution < 1.29 is 13.9 Å². The van der Waals surface area contributed by atoms with Crippen molar-refractivity contribution >= 4 is 17.7 Å². The highest BCUT2D eigenvalue weighted by Gasteiger charge is 2.21. The number of rotatable bonds is 4. The van der Waals surface area contributed by atoms with E-state index in [1.54, 1.807) is 36.3 Å². The van der Waals surface area contributed by atoms with Crippen molar-refractivity contribution in [3.05, 3.63) is 66.0 Å². The number of carbonyl (C=O) groups is 1. The number of nitrogens with zero attached hydrogens (tertiary/aromatic N) is 2. The van der Waals surface area contributed by atoms with E-state index in [2.05, 4.69) is 0 Å². The van der Waals surface area contributed by atoms with E-state index in [1.807, 2.05) is 35.2 Å². The molecule has 1 aliphatic rings. The number of amides is 1. The summed E-state index contributed by atoms with van der Waals surface area (Å²) in [7, 11) is 1.61. The highest BCUT2D eigenvalue weighted by Crippen LogP contribution is 2.20. The number of para-hydroxylation sites is 1. The Labute approximate surface area is 147 Å². The fraction of sp³-hybridized carbons (Fsp3) is 0.250. The molecule has 0 spiro atoms. The molecule has 0 N–H and O–H groups in total. The fourth-order valence-corrected chi connectivity index (χ4v) is 2.89. The second-order valence-electron chi connectivity index (χ2n) is 5.87. The maximum atomic E-state index is 13.9. The summed E-state index contributed by atoms with van der Waals surface area (Å²) in [6.07, 6.45) is 3.36. The van der Waals surface area contributed by atoms with Gasteiger partial charge in [0.15, 0.2) is 0 Å². The lowest BCUT2D eigenvalue weighted by Gasteiger charge is -2.35. The SMILES string of the molecule is COc1cccc(/C=C/C(=O)N2CCN(c3ccccc3F)CC2)c1. The van der Waals surface area contributed by atoms with Crippen molar-refractivity contribution in [2.75, 3.05) is 38.2 Å². The Bertz CT molecular complexity index is 768. The molecule has 0 saturated carbocycles. The van der Waals surface area contributed by atoms with Gasteiger partial charge in [0.2, 0.25) is 5.91 Å². The second-order valence-corrected chi connectivity index (χ2v) is 5.87. The van der Waals surface area contributed by atoms with Crippen molar-refractivity contribution in [3.8, 4) is 5.75 Å². The average Bonchev–Trinajstić information content (AvgIpc) is 2.67. The van der Waals surface area contributed by atoms with Gasteiger partial charge in [0.05, 0.1) is 12.8 Å². The van der Waals surface area contributed by atoms with Crippen LogP contribution in [0.1, 0.15) is 5.56 Å². The average molecular weight is 340 g/mol. The van der Waals surface area contributed by atoms with Crippen LogP contribution < -0.4 is 9.64 Å². The predicted molar refractivity (Wildman–Crippen MR) is 97.2 cm³/mol. The van der Waals surface area contributed by atoms with Gasteiger partial charge < -0.3 is 14.5 Å². The van der Waals surface area contributed by atoms with Gasteiger partial charge in [0.25, 0.3) is 0 Å². The summed E-state index contributed by atoms with van der Waals surface area (Å²) in [6, 6.07) is 14.3. The zero-order valence-corrected chi connectivity index (χ0v) is 14.2. The number of piperazine rings is 1. The highest BCUT2D eigenvalue weighted by molar-refractivity contribution is 5.92. The van der Waals surface area contributed by atoms with Gasteiger partial charge in [-0.25, -0.2) is 4.39 Å². The van der Waals surface area contributed by atoms with Gasteiger partial charge in [-0.15, -0.1) is 0 Å². The van der Waals surface area contributed by atoms with E-state index in [0.29, 0.717) is 31.9 Å². The molecular weight excluding hydrogens is 319 g/mol. The van der Waals surface area contributed by atoms with Gasteiger partial charge >= 0.3 is 0 Å². The normalized spacial score (nSPS) is 14.8. The first kappa shape index (κ1) is 17.0. The fourth-order valence-electron chi connectivity index (χ4n) is 2.89. The topological polar surface area (TPSA) is 32.8 Å². The first-order chi connectivity index (χ1) is 12.2. The first-order valence-corrected chi connectivity index (χ1v) is 8.28. The number of hydrogen-bond donors (Lipinski definition) is 0. The lowest BCUT2D eigenvalue weighted by atomic mass is 10.2. The molecule has 2 aromatic rings. The summed E-state index contributed by atoms with van der Waals surface area (Å²) >= 11 is 0. The molecule has 3 rings (SSSR count). The van der Waals surface area contributed by atoms with Crippen LogP contribution in [-0.4, -0.2) is 44.1 Å². The Morgan fingerprint density at radius 2 is 1.84 bits per heavy atom. The maximum absolute atomic E-state index is 13.9. The van der Waals surface area contributed by atoms with Gasteiger partial charge in [-0.2, -0.15) is 0 Å². The number of hydrogen-bond acceptors (Lipinski definition) is 3. The molecule has 0 aliphatic carbocycles. The van der Waals surface area contributed by atoms with Gasteiger partial charge in [0.1, 0.15) is 11.6 Å².